The maximum atomic E-state index is 12.8. The highest BCUT2D eigenvalue weighted by Gasteiger charge is 2.30. The number of aryl methyl sites for hydroxylation is 1. The van der Waals surface area contributed by atoms with Gasteiger partial charge in [-0.05, 0) is 73.2 Å². The summed E-state index contributed by atoms with van der Waals surface area (Å²) in [6.45, 7) is 1.60. The van der Waals surface area contributed by atoms with Crippen molar-refractivity contribution in [2.75, 3.05) is 17.2 Å². The smallest absolute Gasteiger partial charge is 0.416 e. The Balaban J connectivity index is 1.55. The molecule has 5 nitrogen and oxygen atoms in total. The number of hydrogen-bond donors (Lipinski definition) is 2. The third-order valence-corrected chi connectivity index (χ3v) is 4.80. The van der Waals surface area contributed by atoms with E-state index < -0.39 is 23.6 Å². The van der Waals surface area contributed by atoms with Gasteiger partial charge in [-0.15, -0.1) is 0 Å². The SMILES string of the molecule is Cc1cc(OCC(=O)Nc2ccc(C(=O)Nc3cccc(C(F)(F)F)c3)cc2)ccc1Cl. The Morgan fingerprint density at radius 3 is 2.31 bits per heavy atom. The molecule has 2 amide bonds. The van der Waals surface area contributed by atoms with E-state index in [-0.39, 0.29) is 17.9 Å². The number of carbonyl (C=O) groups excluding carboxylic acids is 2. The summed E-state index contributed by atoms with van der Waals surface area (Å²) < 4.78 is 43.8. The van der Waals surface area contributed by atoms with Crippen LogP contribution in [0.5, 0.6) is 5.75 Å². The molecule has 32 heavy (non-hydrogen) atoms. The number of alkyl halides is 3. The summed E-state index contributed by atoms with van der Waals surface area (Å²) in [7, 11) is 0. The fourth-order valence-corrected chi connectivity index (χ4v) is 2.85. The normalized spacial score (nSPS) is 11.0. The quantitative estimate of drug-likeness (QED) is 0.476. The Morgan fingerprint density at radius 1 is 0.938 bits per heavy atom. The minimum Gasteiger partial charge on any atom is -0.484 e. The third kappa shape index (κ3) is 6.24. The Kier molecular flexibility index (Phi) is 7.05. The molecule has 3 aromatic carbocycles. The molecular weight excluding hydrogens is 445 g/mol. The molecule has 0 unspecified atom stereocenters. The first-order chi connectivity index (χ1) is 15.1. The van der Waals surface area contributed by atoms with Crippen molar-refractivity contribution in [2.24, 2.45) is 0 Å². The van der Waals surface area contributed by atoms with Gasteiger partial charge >= 0.3 is 6.18 Å². The van der Waals surface area contributed by atoms with Crippen LogP contribution in [0.25, 0.3) is 0 Å². The lowest BCUT2D eigenvalue weighted by Crippen LogP contribution is -2.20. The minimum absolute atomic E-state index is 0.0248. The van der Waals surface area contributed by atoms with Gasteiger partial charge in [0.25, 0.3) is 11.8 Å². The molecule has 166 valence electrons. The molecule has 3 rings (SSSR count). The van der Waals surface area contributed by atoms with E-state index >= 15 is 0 Å². The van der Waals surface area contributed by atoms with Crippen molar-refractivity contribution in [3.05, 3.63) is 88.4 Å². The van der Waals surface area contributed by atoms with Gasteiger partial charge < -0.3 is 15.4 Å². The molecule has 0 spiro atoms. The molecule has 0 saturated carbocycles. The van der Waals surface area contributed by atoms with Crippen LogP contribution in [0.15, 0.2) is 66.7 Å². The van der Waals surface area contributed by atoms with Crippen LogP contribution in [-0.4, -0.2) is 18.4 Å². The van der Waals surface area contributed by atoms with Crippen LogP contribution >= 0.6 is 11.6 Å². The summed E-state index contributed by atoms with van der Waals surface area (Å²) in [5.41, 5.74) is 0.638. The van der Waals surface area contributed by atoms with Gasteiger partial charge in [0.2, 0.25) is 0 Å². The standard InChI is InChI=1S/C23H18ClF3N2O3/c1-14-11-19(9-10-20(14)24)32-13-21(30)28-17-7-5-15(6-8-17)22(31)29-18-4-2-3-16(12-18)23(25,26)27/h2-12H,13H2,1H3,(H,28,30)(H,29,31). The van der Waals surface area contributed by atoms with Crippen molar-refractivity contribution in [1.29, 1.82) is 0 Å². The van der Waals surface area contributed by atoms with Gasteiger partial charge in [0.1, 0.15) is 5.75 Å². The second-order valence-corrected chi connectivity index (χ2v) is 7.27. The highest BCUT2D eigenvalue weighted by Crippen LogP contribution is 2.30. The summed E-state index contributed by atoms with van der Waals surface area (Å²) in [6.07, 6.45) is -4.50. The molecule has 0 aliphatic rings. The molecule has 3 aromatic rings. The number of amides is 2. The van der Waals surface area contributed by atoms with Gasteiger partial charge in [-0.1, -0.05) is 17.7 Å². The van der Waals surface area contributed by atoms with Crippen molar-refractivity contribution in [3.63, 3.8) is 0 Å². The third-order valence-electron chi connectivity index (χ3n) is 4.38. The molecule has 0 atom stereocenters. The van der Waals surface area contributed by atoms with Crippen LogP contribution in [0, 0.1) is 6.92 Å². The highest BCUT2D eigenvalue weighted by molar-refractivity contribution is 6.31. The predicted molar refractivity (Wildman–Crippen MR) is 116 cm³/mol. The van der Waals surface area contributed by atoms with Gasteiger partial charge in [0, 0.05) is 22.0 Å². The largest absolute Gasteiger partial charge is 0.484 e. The van der Waals surface area contributed by atoms with Gasteiger partial charge in [-0.2, -0.15) is 13.2 Å². The van der Waals surface area contributed by atoms with E-state index in [1.165, 1.54) is 36.4 Å². The van der Waals surface area contributed by atoms with Crippen molar-refractivity contribution in [1.82, 2.24) is 0 Å². The second kappa shape index (κ2) is 9.74. The van der Waals surface area contributed by atoms with Crippen LogP contribution in [0.2, 0.25) is 5.02 Å². The monoisotopic (exact) mass is 462 g/mol. The molecule has 0 radical (unpaired) electrons. The van der Waals surface area contributed by atoms with Crippen LogP contribution < -0.4 is 15.4 Å². The number of benzene rings is 3. The first-order valence-corrected chi connectivity index (χ1v) is 9.77. The van der Waals surface area contributed by atoms with Gasteiger partial charge in [0.05, 0.1) is 5.56 Å². The van der Waals surface area contributed by atoms with E-state index in [1.807, 2.05) is 6.92 Å². The van der Waals surface area contributed by atoms with Crippen molar-refractivity contribution in [2.45, 2.75) is 13.1 Å². The molecular formula is C23H18ClF3N2O3. The molecule has 2 N–H and O–H groups in total. The predicted octanol–water partition coefficient (Wildman–Crippen LogP) is 5.94. The molecule has 0 aliphatic heterocycles. The lowest BCUT2D eigenvalue weighted by molar-refractivity contribution is -0.137. The molecule has 0 aliphatic carbocycles. The van der Waals surface area contributed by atoms with Crippen molar-refractivity contribution in [3.8, 4) is 5.75 Å². The number of ether oxygens (including phenoxy) is 1. The van der Waals surface area contributed by atoms with Crippen LogP contribution in [0.3, 0.4) is 0 Å². The average molecular weight is 463 g/mol. The molecule has 0 heterocycles. The van der Waals surface area contributed by atoms with E-state index in [2.05, 4.69) is 10.6 Å². The topological polar surface area (TPSA) is 67.4 Å². The maximum Gasteiger partial charge on any atom is 0.416 e. The van der Waals surface area contributed by atoms with Crippen molar-refractivity contribution < 1.29 is 27.5 Å². The zero-order chi connectivity index (χ0) is 23.3. The number of rotatable bonds is 6. The fraction of sp³-hybridized carbons (Fsp3) is 0.130. The van der Waals surface area contributed by atoms with Gasteiger partial charge in [-0.25, -0.2) is 0 Å². The summed E-state index contributed by atoms with van der Waals surface area (Å²) in [5.74, 6) is -0.480. The molecule has 0 saturated heterocycles. The van der Waals surface area contributed by atoms with E-state index in [0.29, 0.717) is 16.5 Å². The number of carbonyl (C=O) groups is 2. The first-order valence-electron chi connectivity index (χ1n) is 9.39. The zero-order valence-electron chi connectivity index (χ0n) is 16.8. The highest BCUT2D eigenvalue weighted by atomic mass is 35.5. The molecule has 0 bridgehead atoms. The van der Waals surface area contributed by atoms with E-state index in [0.717, 1.165) is 17.7 Å². The zero-order valence-corrected chi connectivity index (χ0v) is 17.6. The molecule has 0 aromatic heterocycles. The second-order valence-electron chi connectivity index (χ2n) is 6.86. The van der Waals surface area contributed by atoms with Gasteiger partial charge in [0.15, 0.2) is 6.61 Å². The number of halogens is 4. The van der Waals surface area contributed by atoms with E-state index in [1.54, 1.807) is 18.2 Å². The molecule has 0 fully saturated rings. The first kappa shape index (κ1) is 23.1. The average Bonchev–Trinajstić information content (AvgIpc) is 2.74. The Labute approximate surface area is 187 Å². The van der Waals surface area contributed by atoms with Crippen LogP contribution in [-0.2, 0) is 11.0 Å². The summed E-state index contributed by atoms with van der Waals surface area (Å²) in [6, 6.07) is 15.3. The number of hydrogen-bond acceptors (Lipinski definition) is 3. The minimum atomic E-state index is -4.50. The van der Waals surface area contributed by atoms with Gasteiger partial charge in [-0.3, -0.25) is 9.59 Å². The van der Waals surface area contributed by atoms with Crippen LogP contribution in [0.1, 0.15) is 21.5 Å². The molecule has 9 heteroatoms. The summed E-state index contributed by atoms with van der Waals surface area (Å²) in [4.78, 5) is 24.4. The van der Waals surface area contributed by atoms with E-state index in [4.69, 9.17) is 16.3 Å². The Morgan fingerprint density at radius 2 is 1.66 bits per heavy atom. The number of anilines is 2. The Bertz CT molecular complexity index is 1130. The van der Waals surface area contributed by atoms with Crippen LogP contribution in [0.4, 0.5) is 24.5 Å². The summed E-state index contributed by atoms with van der Waals surface area (Å²) >= 11 is 5.95. The Hall–Kier alpha value is -3.52. The maximum absolute atomic E-state index is 12.8. The van der Waals surface area contributed by atoms with E-state index in [9.17, 15) is 22.8 Å². The summed E-state index contributed by atoms with van der Waals surface area (Å²) in [5, 5.41) is 5.65. The lowest BCUT2D eigenvalue weighted by atomic mass is 10.1. The van der Waals surface area contributed by atoms with Crippen molar-refractivity contribution >= 4 is 34.8 Å². The fourth-order valence-electron chi connectivity index (χ4n) is 2.73. The lowest BCUT2D eigenvalue weighted by Gasteiger charge is -2.11. The number of nitrogens with one attached hydrogen (secondary N) is 2.